The third-order valence-electron chi connectivity index (χ3n) is 4.04. The molecule has 0 fully saturated rings. The van der Waals surface area contributed by atoms with Crippen molar-refractivity contribution < 1.29 is 4.74 Å². The minimum Gasteiger partial charge on any atom is -0.496 e. The van der Waals surface area contributed by atoms with Gasteiger partial charge in [-0.25, -0.2) is 0 Å². The van der Waals surface area contributed by atoms with Crippen LogP contribution in [-0.2, 0) is 12.0 Å². The van der Waals surface area contributed by atoms with Gasteiger partial charge in [-0.1, -0.05) is 32.0 Å². The van der Waals surface area contributed by atoms with Crippen LogP contribution < -0.4 is 15.4 Å². The number of thiophene rings is 1. The topological polar surface area (TPSA) is 45.7 Å². The fourth-order valence-corrected chi connectivity index (χ4v) is 3.29. The van der Waals surface area contributed by atoms with Crippen molar-refractivity contribution in [3.05, 3.63) is 51.7 Å². The lowest BCUT2D eigenvalue weighted by Crippen LogP contribution is -2.42. The maximum Gasteiger partial charge on any atom is 0.191 e. The number of aryl methyl sites for hydroxylation is 1. The lowest BCUT2D eigenvalue weighted by atomic mass is 9.91. The Morgan fingerprint density at radius 1 is 1.24 bits per heavy atom. The van der Waals surface area contributed by atoms with E-state index < -0.39 is 0 Å². The molecule has 0 aliphatic rings. The zero-order valence-electron chi connectivity index (χ0n) is 15.6. The number of guanidine groups is 1. The third-order valence-corrected chi connectivity index (χ3v) is 5.28. The van der Waals surface area contributed by atoms with Crippen LogP contribution in [0.1, 0.15) is 29.9 Å². The van der Waals surface area contributed by atoms with Crippen LogP contribution in [0.25, 0.3) is 0 Å². The van der Waals surface area contributed by atoms with Crippen LogP contribution >= 0.6 is 35.3 Å². The highest BCUT2D eigenvalue weighted by atomic mass is 127. The molecule has 1 aromatic heterocycles. The summed E-state index contributed by atoms with van der Waals surface area (Å²) in [6.45, 7) is 8.05. The number of nitrogens with zero attached hydrogens (tertiary/aromatic N) is 1. The van der Waals surface area contributed by atoms with Crippen LogP contribution in [-0.4, -0.2) is 26.7 Å². The van der Waals surface area contributed by atoms with Crippen LogP contribution in [0.5, 0.6) is 5.75 Å². The summed E-state index contributed by atoms with van der Waals surface area (Å²) in [5.74, 6) is 1.72. The average Bonchev–Trinajstić information content (AvgIpc) is 3.11. The average molecular weight is 473 g/mol. The van der Waals surface area contributed by atoms with Gasteiger partial charge in [0.1, 0.15) is 5.75 Å². The highest BCUT2D eigenvalue weighted by molar-refractivity contribution is 14.0. The first-order valence-electron chi connectivity index (χ1n) is 8.08. The van der Waals surface area contributed by atoms with E-state index >= 15 is 0 Å². The lowest BCUT2D eigenvalue weighted by Gasteiger charge is -2.25. The van der Waals surface area contributed by atoms with Crippen molar-refractivity contribution in [3.8, 4) is 5.75 Å². The van der Waals surface area contributed by atoms with E-state index in [1.54, 1.807) is 25.5 Å². The smallest absolute Gasteiger partial charge is 0.191 e. The van der Waals surface area contributed by atoms with Crippen molar-refractivity contribution in [1.82, 2.24) is 10.6 Å². The van der Waals surface area contributed by atoms with Crippen LogP contribution in [0.3, 0.4) is 0 Å². The molecule has 0 atom stereocenters. The summed E-state index contributed by atoms with van der Waals surface area (Å²) in [6, 6.07) is 10.5. The summed E-state index contributed by atoms with van der Waals surface area (Å²) < 4.78 is 5.38. The summed E-state index contributed by atoms with van der Waals surface area (Å²) in [6.07, 6.45) is 0. The van der Waals surface area contributed by atoms with Gasteiger partial charge in [-0.15, -0.1) is 35.3 Å². The maximum atomic E-state index is 5.38. The van der Waals surface area contributed by atoms with Crippen molar-refractivity contribution in [2.75, 3.05) is 20.7 Å². The minimum atomic E-state index is 0. The molecule has 0 unspecified atom stereocenters. The van der Waals surface area contributed by atoms with Crippen LogP contribution in [0, 0.1) is 6.92 Å². The molecule has 0 aliphatic carbocycles. The van der Waals surface area contributed by atoms with Gasteiger partial charge in [-0.05, 0) is 35.6 Å². The first kappa shape index (κ1) is 21.8. The van der Waals surface area contributed by atoms with Gasteiger partial charge in [0.25, 0.3) is 0 Å². The number of halogens is 1. The predicted molar refractivity (Wildman–Crippen MR) is 119 cm³/mol. The largest absolute Gasteiger partial charge is 0.496 e. The second-order valence-corrected chi connectivity index (χ2v) is 7.39. The Kier molecular flexibility index (Phi) is 8.71. The molecule has 0 aliphatic heterocycles. The normalized spacial score (nSPS) is 11.6. The van der Waals surface area contributed by atoms with Gasteiger partial charge < -0.3 is 15.4 Å². The Morgan fingerprint density at radius 2 is 2.00 bits per heavy atom. The van der Waals surface area contributed by atoms with E-state index in [-0.39, 0.29) is 29.4 Å². The zero-order chi connectivity index (χ0) is 17.6. The Morgan fingerprint density at radius 3 is 2.60 bits per heavy atom. The number of benzene rings is 1. The number of hydrogen-bond acceptors (Lipinski definition) is 3. The number of hydrogen-bond donors (Lipinski definition) is 2. The van der Waals surface area contributed by atoms with Gasteiger partial charge in [0.15, 0.2) is 5.96 Å². The van der Waals surface area contributed by atoms with Crippen LogP contribution in [0.15, 0.2) is 40.7 Å². The van der Waals surface area contributed by atoms with Gasteiger partial charge in [0.2, 0.25) is 0 Å². The van der Waals surface area contributed by atoms with E-state index in [2.05, 4.69) is 65.2 Å². The van der Waals surface area contributed by atoms with E-state index in [4.69, 9.17) is 4.74 Å². The molecule has 0 spiro atoms. The fourth-order valence-electron chi connectivity index (χ4n) is 2.44. The highest BCUT2D eigenvalue weighted by Crippen LogP contribution is 2.26. The van der Waals surface area contributed by atoms with Crippen molar-refractivity contribution in [1.29, 1.82) is 0 Å². The molecular weight excluding hydrogens is 445 g/mol. The van der Waals surface area contributed by atoms with Crippen molar-refractivity contribution in [2.45, 2.75) is 32.7 Å². The SMILES string of the molecule is CN=C(NCc1ccc(C)c(OC)c1)NCC(C)(C)c1cccs1.I. The Hall–Kier alpha value is -1.28. The number of methoxy groups -OCH3 is 1. The molecule has 2 rings (SSSR count). The van der Waals surface area contributed by atoms with E-state index in [1.165, 1.54) is 4.88 Å². The molecule has 2 aromatic rings. The summed E-state index contributed by atoms with van der Waals surface area (Å²) in [4.78, 5) is 5.68. The lowest BCUT2D eigenvalue weighted by molar-refractivity contribution is 0.411. The van der Waals surface area contributed by atoms with Crippen molar-refractivity contribution in [2.24, 2.45) is 4.99 Å². The number of ether oxygens (including phenoxy) is 1. The predicted octanol–water partition coefficient (Wildman–Crippen LogP) is 4.33. The standard InChI is InChI=1S/C19H27N3OS.HI/c1-14-8-9-15(11-16(14)23-5)12-21-18(20-4)22-13-19(2,3)17-7-6-10-24-17;/h6-11H,12-13H2,1-5H3,(H2,20,21,22);1H. The molecule has 138 valence electrons. The van der Waals surface area contributed by atoms with E-state index in [1.807, 2.05) is 6.92 Å². The van der Waals surface area contributed by atoms with Gasteiger partial charge in [0.05, 0.1) is 7.11 Å². The Bertz CT molecular complexity index is 684. The van der Waals surface area contributed by atoms with Crippen LogP contribution in [0.4, 0.5) is 0 Å². The fraction of sp³-hybridized carbons (Fsp3) is 0.421. The van der Waals surface area contributed by atoms with Gasteiger partial charge in [-0.2, -0.15) is 0 Å². The Labute approximate surface area is 172 Å². The van der Waals surface area contributed by atoms with E-state index in [9.17, 15) is 0 Å². The number of aliphatic imine (C=N–C) groups is 1. The van der Waals surface area contributed by atoms with Gasteiger partial charge >= 0.3 is 0 Å². The first-order valence-corrected chi connectivity index (χ1v) is 8.96. The molecule has 1 heterocycles. The summed E-state index contributed by atoms with van der Waals surface area (Å²) in [7, 11) is 3.50. The number of rotatable bonds is 6. The summed E-state index contributed by atoms with van der Waals surface area (Å²) >= 11 is 1.79. The van der Waals surface area contributed by atoms with E-state index in [0.29, 0.717) is 6.54 Å². The van der Waals surface area contributed by atoms with Crippen LogP contribution in [0.2, 0.25) is 0 Å². The molecule has 0 radical (unpaired) electrons. The molecule has 2 N–H and O–H groups in total. The zero-order valence-corrected chi connectivity index (χ0v) is 18.7. The highest BCUT2D eigenvalue weighted by Gasteiger charge is 2.21. The minimum absolute atomic E-state index is 0. The van der Waals surface area contributed by atoms with Crippen molar-refractivity contribution in [3.63, 3.8) is 0 Å². The molecule has 4 nitrogen and oxygen atoms in total. The van der Waals surface area contributed by atoms with Crippen molar-refractivity contribution >= 4 is 41.3 Å². The first-order chi connectivity index (χ1) is 11.5. The number of nitrogens with one attached hydrogen (secondary N) is 2. The summed E-state index contributed by atoms with van der Waals surface area (Å²) in [5, 5.41) is 8.90. The summed E-state index contributed by atoms with van der Waals surface area (Å²) in [5.41, 5.74) is 2.37. The quantitative estimate of drug-likeness (QED) is 0.373. The molecule has 0 amide bonds. The third kappa shape index (κ3) is 6.18. The molecule has 0 saturated carbocycles. The maximum absolute atomic E-state index is 5.38. The second-order valence-electron chi connectivity index (χ2n) is 6.44. The molecule has 25 heavy (non-hydrogen) atoms. The van der Waals surface area contributed by atoms with Gasteiger partial charge in [-0.3, -0.25) is 4.99 Å². The Balaban J connectivity index is 0.00000312. The molecular formula is C19H28IN3OS. The monoisotopic (exact) mass is 473 g/mol. The molecule has 6 heteroatoms. The molecule has 1 aromatic carbocycles. The van der Waals surface area contributed by atoms with Gasteiger partial charge in [0, 0.05) is 30.4 Å². The van der Waals surface area contributed by atoms with E-state index in [0.717, 1.165) is 29.4 Å². The molecule has 0 bridgehead atoms. The second kappa shape index (κ2) is 10.0. The molecule has 0 saturated heterocycles.